The molecule has 144 valence electrons. The fraction of sp³-hybridized carbons (Fsp3) is 0.333. The Balaban J connectivity index is 1.85. The second-order valence-corrected chi connectivity index (χ2v) is 6.40. The summed E-state index contributed by atoms with van der Waals surface area (Å²) in [7, 11) is 1.60. The van der Waals surface area contributed by atoms with Crippen LogP contribution in [0.15, 0.2) is 48.5 Å². The van der Waals surface area contributed by atoms with Gasteiger partial charge >= 0.3 is 0 Å². The summed E-state index contributed by atoms with van der Waals surface area (Å²) in [6, 6.07) is 13.9. The number of carbonyl (C=O) groups excluding carboxylic acids is 2. The van der Waals surface area contributed by atoms with Crippen LogP contribution < -0.4 is 15.4 Å². The Morgan fingerprint density at radius 3 is 2.48 bits per heavy atom. The third-order valence-electron chi connectivity index (χ3n) is 4.25. The van der Waals surface area contributed by atoms with Gasteiger partial charge in [0.25, 0.3) is 0 Å². The number of Topliss-reactive ketones (excluding diaryl/α,β-unsaturated/α-hetero) is 1. The van der Waals surface area contributed by atoms with Gasteiger partial charge in [0.2, 0.25) is 5.91 Å². The maximum atomic E-state index is 12.3. The number of ketones is 1. The Bertz CT molecular complexity index is 774. The highest BCUT2D eigenvalue weighted by atomic mass is 16.5. The van der Waals surface area contributed by atoms with Crippen molar-refractivity contribution in [2.75, 3.05) is 19.0 Å². The largest absolute Gasteiger partial charge is 0.497 e. The van der Waals surface area contributed by atoms with E-state index in [0.717, 1.165) is 11.3 Å². The summed E-state index contributed by atoms with van der Waals surface area (Å²) in [6.07, 6.45) is -0.391. The molecule has 0 aliphatic rings. The van der Waals surface area contributed by atoms with E-state index in [9.17, 15) is 14.7 Å². The fourth-order valence-electron chi connectivity index (χ4n) is 2.73. The second-order valence-electron chi connectivity index (χ2n) is 6.40. The number of amides is 1. The smallest absolute Gasteiger partial charge is 0.221 e. The zero-order valence-electron chi connectivity index (χ0n) is 15.9. The van der Waals surface area contributed by atoms with Crippen LogP contribution in [0.1, 0.15) is 42.3 Å². The first-order chi connectivity index (χ1) is 12.9. The highest BCUT2D eigenvalue weighted by Crippen LogP contribution is 2.20. The average molecular weight is 370 g/mol. The van der Waals surface area contributed by atoms with Gasteiger partial charge in [-0.2, -0.15) is 0 Å². The van der Waals surface area contributed by atoms with Crippen LogP contribution in [-0.4, -0.2) is 36.5 Å². The summed E-state index contributed by atoms with van der Waals surface area (Å²) in [5.74, 6) is 0.530. The van der Waals surface area contributed by atoms with Crippen molar-refractivity contribution >= 4 is 17.4 Å². The van der Waals surface area contributed by atoms with Gasteiger partial charge in [0.15, 0.2) is 5.78 Å². The Hall–Kier alpha value is -2.70. The zero-order valence-corrected chi connectivity index (χ0v) is 15.9. The van der Waals surface area contributed by atoms with Crippen molar-refractivity contribution in [3.05, 3.63) is 59.7 Å². The number of carbonyl (C=O) groups is 2. The number of rotatable bonds is 9. The van der Waals surface area contributed by atoms with Gasteiger partial charge in [-0.3, -0.25) is 9.59 Å². The molecule has 2 unspecified atom stereocenters. The Labute approximate surface area is 159 Å². The lowest BCUT2D eigenvalue weighted by Gasteiger charge is -2.20. The van der Waals surface area contributed by atoms with Crippen LogP contribution >= 0.6 is 0 Å². The molecule has 0 heterocycles. The lowest BCUT2D eigenvalue weighted by atomic mass is 10.0. The van der Waals surface area contributed by atoms with E-state index in [4.69, 9.17) is 4.74 Å². The first-order valence-electron chi connectivity index (χ1n) is 8.87. The van der Waals surface area contributed by atoms with Crippen LogP contribution in [0.3, 0.4) is 0 Å². The second kappa shape index (κ2) is 9.85. The maximum Gasteiger partial charge on any atom is 0.221 e. The van der Waals surface area contributed by atoms with Crippen molar-refractivity contribution in [2.24, 2.45) is 0 Å². The van der Waals surface area contributed by atoms with Crippen molar-refractivity contribution in [3.63, 3.8) is 0 Å². The molecule has 6 heteroatoms. The van der Waals surface area contributed by atoms with Gasteiger partial charge in [0.1, 0.15) is 5.75 Å². The van der Waals surface area contributed by atoms with E-state index in [-0.39, 0.29) is 17.7 Å². The lowest BCUT2D eigenvalue weighted by molar-refractivity contribution is -0.114. The molecule has 0 fully saturated rings. The highest BCUT2D eigenvalue weighted by Gasteiger charge is 2.16. The summed E-state index contributed by atoms with van der Waals surface area (Å²) in [5.41, 5.74) is 1.93. The number of aliphatic hydroxyl groups excluding tert-OH is 1. The van der Waals surface area contributed by atoms with Crippen LogP contribution in [0.5, 0.6) is 5.75 Å². The molecule has 27 heavy (non-hydrogen) atoms. The van der Waals surface area contributed by atoms with Crippen LogP contribution in [0.2, 0.25) is 0 Å². The van der Waals surface area contributed by atoms with Crippen LogP contribution in [0, 0.1) is 0 Å². The highest BCUT2D eigenvalue weighted by molar-refractivity contribution is 5.98. The molecule has 0 aliphatic carbocycles. The van der Waals surface area contributed by atoms with Gasteiger partial charge in [0, 0.05) is 37.2 Å². The average Bonchev–Trinajstić information content (AvgIpc) is 2.67. The number of hydrogen-bond donors (Lipinski definition) is 3. The molecular weight excluding hydrogens is 344 g/mol. The van der Waals surface area contributed by atoms with Crippen molar-refractivity contribution < 1.29 is 19.4 Å². The van der Waals surface area contributed by atoms with E-state index < -0.39 is 6.10 Å². The van der Waals surface area contributed by atoms with Gasteiger partial charge in [0.05, 0.1) is 13.2 Å². The minimum absolute atomic E-state index is 0.0270. The molecule has 0 radical (unpaired) electrons. The predicted octanol–water partition coefficient (Wildman–Crippen LogP) is 2.94. The van der Waals surface area contributed by atoms with Crippen molar-refractivity contribution in [1.29, 1.82) is 0 Å². The minimum Gasteiger partial charge on any atom is -0.497 e. The lowest BCUT2D eigenvalue weighted by Crippen LogP contribution is -2.33. The number of hydrogen-bond acceptors (Lipinski definition) is 5. The molecule has 2 aromatic rings. The summed E-state index contributed by atoms with van der Waals surface area (Å²) < 4.78 is 5.11. The van der Waals surface area contributed by atoms with Crippen LogP contribution in [0.4, 0.5) is 5.69 Å². The van der Waals surface area contributed by atoms with Crippen molar-refractivity contribution in [2.45, 2.75) is 32.4 Å². The standard InChI is InChI=1S/C21H26N2O4/c1-14(21(26)16-7-9-19(27-3)10-8-16)22-12-11-20(25)17-5-4-6-18(13-17)23-15(2)24/h4-10,13-14,21-22,26H,11-12H2,1-3H3,(H,23,24). The monoisotopic (exact) mass is 370 g/mol. The van der Waals surface area contributed by atoms with Crippen LogP contribution in [0.25, 0.3) is 0 Å². The molecule has 2 rings (SSSR count). The van der Waals surface area contributed by atoms with Crippen LogP contribution in [-0.2, 0) is 4.79 Å². The topological polar surface area (TPSA) is 87.7 Å². The summed E-state index contributed by atoms with van der Waals surface area (Å²) in [4.78, 5) is 23.5. The summed E-state index contributed by atoms with van der Waals surface area (Å²) in [6.45, 7) is 3.74. The molecule has 6 nitrogen and oxygen atoms in total. The van der Waals surface area contributed by atoms with E-state index in [1.165, 1.54) is 6.92 Å². The molecule has 0 saturated heterocycles. The molecule has 1 amide bonds. The van der Waals surface area contributed by atoms with E-state index in [2.05, 4.69) is 10.6 Å². The van der Waals surface area contributed by atoms with Crippen molar-refractivity contribution in [3.8, 4) is 5.75 Å². The third kappa shape index (κ3) is 6.20. The molecule has 0 aromatic heterocycles. The minimum atomic E-state index is -0.686. The molecule has 0 saturated carbocycles. The third-order valence-corrected chi connectivity index (χ3v) is 4.25. The van der Waals surface area contributed by atoms with Crippen molar-refractivity contribution in [1.82, 2.24) is 5.32 Å². The van der Waals surface area contributed by atoms with E-state index >= 15 is 0 Å². The predicted molar refractivity (Wildman–Crippen MR) is 105 cm³/mol. The van der Waals surface area contributed by atoms with Gasteiger partial charge < -0.3 is 20.5 Å². The Kier molecular flexibility index (Phi) is 7.52. The molecule has 2 atom stereocenters. The number of methoxy groups -OCH3 is 1. The fourth-order valence-corrected chi connectivity index (χ4v) is 2.73. The number of nitrogens with one attached hydrogen (secondary N) is 2. The SMILES string of the molecule is COc1ccc(C(O)C(C)NCCC(=O)c2cccc(NC(C)=O)c2)cc1. The maximum absolute atomic E-state index is 12.3. The van der Waals surface area contributed by atoms with Gasteiger partial charge in [-0.1, -0.05) is 24.3 Å². The number of benzene rings is 2. The van der Waals surface area contributed by atoms with Gasteiger partial charge in [-0.05, 0) is 36.8 Å². The normalized spacial score (nSPS) is 12.9. The Morgan fingerprint density at radius 1 is 1.15 bits per heavy atom. The van der Waals surface area contributed by atoms with E-state index in [0.29, 0.717) is 24.2 Å². The number of ether oxygens (including phenoxy) is 1. The molecule has 0 bridgehead atoms. The summed E-state index contributed by atoms with van der Waals surface area (Å²) in [5, 5.41) is 16.3. The van der Waals surface area contributed by atoms with E-state index in [1.807, 2.05) is 19.1 Å². The van der Waals surface area contributed by atoms with Gasteiger partial charge in [-0.25, -0.2) is 0 Å². The molecular formula is C21H26N2O4. The Morgan fingerprint density at radius 2 is 1.85 bits per heavy atom. The zero-order chi connectivity index (χ0) is 19.8. The first kappa shape index (κ1) is 20.6. The first-order valence-corrected chi connectivity index (χ1v) is 8.87. The van der Waals surface area contributed by atoms with Gasteiger partial charge in [-0.15, -0.1) is 0 Å². The summed E-state index contributed by atoms with van der Waals surface area (Å²) >= 11 is 0. The number of aliphatic hydroxyl groups is 1. The van der Waals surface area contributed by atoms with E-state index in [1.54, 1.807) is 43.5 Å². The molecule has 3 N–H and O–H groups in total. The molecule has 0 aliphatic heterocycles. The quantitative estimate of drug-likeness (QED) is 0.591. The molecule has 0 spiro atoms. The number of anilines is 1. The molecule has 2 aromatic carbocycles.